The van der Waals surface area contributed by atoms with Crippen LogP contribution in [0.4, 0.5) is 0 Å². The summed E-state index contributed by atoms with van der Waals surface area (Å²) in [5.74, 6) is -0.694. The van der Waals surface area contributed by atoms with Crippen LogP contribution in [0.1, 0.15) is 39.5 Å². The predicted molar refractivity (Wildman–Crippen MR) is 51.7 cm³/mol. The normalized spacial score (nSPS) is 27.1. The summed E-state index contributed by atoms with van der Waals surface area (Å²) < 4.78 is 0. The summed E-state index contributed by atoms with van der Waals surface area (Å²) in [6, 6.07) is 0.171. The molecule has 3 nitrogen and oxygen atoms in total. The van der Waals surface area contributed by atoms with Crippen LogP contribution in [0.3, 0.4) is 0 Å². The van der Waals surface area contributed by atoms with Crippen molar-refractivity contribution >= 4 is 5.97 Å². The zero-order valence-electron chi connectivity index (χ0n) is 8.49. The summed E-state index contributed by atoms with van der Waals surface area (Å²) in [5.41, 5.74) is 0. The lowest BCUT2D eigenvalue weighted by atomic mass is 9.98. The van der Waals surface area contributed by atoms with Crippen molar-refractivity contribution in [1.82, 2.24) is 4.90 Å². The Balaban J connectivity index is 2.58. The number of hydrogen-bond donors (Lipinski definition) is 1. The highest BCUT2D eigenvalue weighted by atomic mass is 16.4. The van der Waals surface area contributed by atoms with Crippen molar-refractivity contribution in [3.05, 3.63) is 0 Å². The van der Waals surface area contributed by atoms with Gasteiger partial charge >= 0.3 is 5.97 Å². The molecule has 0 aliphatic carbocycles. The number of nitrogens with zero attached hydrogens (tertiary/aromatic N) is 1. The first kappa shape index (κ1) is 10.5. The van der Waals surface area contributed by atoms with Crippen LogP contribution in [0.5, 0.6) is 0 Å². The quantitative estimate of drug-likeness (QED) is 0.728. The van der Waals surface area contributed by atoms with Crippen LogP contribution in [0.2, 0.25) is 0 Å². The van der Waals surface area contributed by atoms with Crippen molar-refractivity contribution in [2.75, 3.05) is 6.54 Å². The number of aliphatic carboxylic acids is 1. The Bertz CT molecular complexity index is 182. The van der Waals surface area contributed by atoms with Gasteiger partial charge in [-0.3, -0.25) is 9.69 Å². The van der Waals surface area contributed by atoms with Crippen molar-refractivity contribution < 1.29 is 9.90 Å². The smallest absolute Gasteiger partial charge is 0.320 e. The van der Waals surface area contributed by atoms with Gasteiger partial charge in [-0.1, -0.05) is 13.3 Å². The van der Waals surface area contributed by atoms with Crippen LogP contribution >= 0.6 is 0 Å². The third-order valence-corrected chi connectivity index (χ3v) is 3.00. The molecule has 3 heteroatoms. The molecule has 0 radical (unpaired) electrons. The fourth-order valence-corrected chi connectivity index (χ4v) is 2.11. The molecule has 1 heterocycles. The first-order valence-corrected chi connectivity index (χ1v) is 5.15. The average molecular weight is 185 g/mol. The van der Waals surface area contributed by atoms with E-state index in [1.165, 1.54) is 6.42 Å². The summed E-state index contributed by atoms with van der Waals surface area (Å²) in [7, 11) is 0. The Kier molecular flexibility index (Phi) is 3.72. The molecule has 13 heavy (non-hydrogen) atoms. The van der Waals surface area contributed by atoms with Crippen molar-refractivity contribution in [3.63, 3.8) is 0 Å². The molecule has 0 spiro atoms. The van der Waals surface area contributed by atoms with Gasteiger partial charge in [-0.2, -0.15) is 0 Å². The van der Waals surface area contributed by atoms with Gasteiger partial charge in [-0.15, -0.1) is 0 Å². The molecule has 0 saturated carbocycles. The van der Waals surface area contributed by atoms with Crippen molar-refractivity contribution in [3.8, 4) is 0 Å². The van der Waals surface area contributed by atoms with Crippen LogP contribution in [-0.2, 0) is 4.79 Å². The third-order valence-electron chi connectivity index (χ3n) is 3.00. The van der Waals surface area contributed by atoms with Crippen LogP contribution < -0.4 is 0 Å². The SMILES string of the molecule is CC[C@H]1CCCCN1[C@H](C)C(=O)O. The van der Waals surface area contributed by atoms with E-state index < -0.39 is 5.97 Å². The highest BCUT2D eigenvalue weighted by molar-refractivity contribution is 5.72. The number of rotatable bonds is 3. The molecule has 0 bridgehead atoms. The average Bonchev–Trinajstić information content (AvgIpc) is 2.16. The number of carboxylic acids is 1. The van der Waals surface area contributed by atoms with Gasteiger partial charge in [0.05, 0.1) is 0 Å². The summed E-state index contributed by atoms with van der Waals surface area (Å²) in [4.78, 5) is 12.9. The van der Waals surface area contributed by atoms with Gasteiger partial charge in [-0.05, 0) is 32.7 Å². The maximum Gasteiger partial charge on any atom is 0.320 e. The second kappa shape index (κ2) is 4.61. The van der Waals surface area contributed by atoms with Gasteiger partial charge in [0.25, 0.3) is 0 Å². The van der Waals surface area contributed by atoms with Gasteiger partial charge in [0.15, 0.2) is 0 Å². The van der Waals surface area contributed by atoms with Gasteiger partial charge in [0.2, 0.25) is 0 Å². The highest BCUT2D eigenvalue weighted by Crippen LogP contribution is 2.21. The van der Waals surface area contributed by atoms with Crippen LogP contribution in [0.15, 0.2) is 0 Å². The van der Waals surface area contributed by atoms with E-state index in [9.17, 15) is 4.79 Å². The van der Waals surface area contributed by atoms with Crippen LogP contribution in [0, 0.1) is 0 Å². The molecule has 0 amide bonds. The van der Waals surface area contributed by atoms with Gasteiger partial charge in [-0.25, -0.2) is 0 Å². The molecule has 0 unspecified atom stereocenters. The van der Waals surface area contributed by atoms with E-state index in [4.69, 9.17) is 5.11 Å². The number of carbonyl (C=O) groups is 1. The van der Waals surface area contributed by atoms with E-state index in [-0.39, 0.29) is 6.04 Å². The first-order chi connectivity index (χ1) is 6.16. The van der Waals surface area contributed by atoms with Gasteiger partial charge in [0, 0.05) is 6.04 Å². The van der Waals surface area contributed by atoms with Gasteiger partial charge in [0.1, 0.15) is 6.04 Å². The lowest BCUT2D eigenvalue weighted by molar-refractivity contribution is -0.144. The summed E-state index contributed by atoms with van der Waals surface area (Å²) >= 11 is 0. The summed E-state index contributed by atoms with van der Waals surface area (Å²) in [6.07, 6.45) is 4.63. The Labute approximate surface area is 79.7 Å². The summed E-state index contributed by atoms with van der Waals surface area (Å²) in [6.45, 7) is 4.87. The molecule has 1 aliphatic heterocycles. The topological polar surface area (TPSA) is 40.5 Å². The Morgan fingerprint density at radius 3 is 2.85 bits per heavy atom. The Morgan fingerprint density at radius 2 is 2.31 bits per heavy atom. The molecule has 0 aromatic heterocycles. The molecular weight excluding hydrogens is 166 g/mol. The fraction of sp³-hybridized carbons (Fsp3) is 0.900. The maximum atomic E-state index is 10.8. The predicted octanol–water partition coefficient (Wildman–Crippen LogP) is 1.72. The van der Waals surface area contributed by atoms with E-state index in [2.05, 4.69) is 11.8 Å². The minimum atomic E-state index is -0.694. The Morgan fingerprint density at radius 1 is 1.62 bits per heavy atom. The van der Waals surface area contributed by atoms with E-state index in [0.717, 1.165) is 25.8 Å². The largest absolute Gasteiger partial charge is 0.480 e. The molecule has 0 aromatic rings. The van der Waals surface area contributed by atoms with Crippen molar-refractivity contribution in [1.29, 1.82) is 0 Å². The minimum Gasteiger partial charge on any atom is -0.480 e. The van der Waals surface area contributed by atoms with Crippen LogP contribution in [-0.4, -0.2) is 34.6 Å². The first-order valence-electron chi connectivity index (χ1n) is 5.15. The molecular formula is C10H19NO2. The Hall–Kier alpha value is -0.570. The molecule has 1 fully saturated rings. The second-order valence-electron chi connectivity index (χ2n) is 3.81. The molecule has 1 N–H and O–H groups in total. The standard InChI is InChI=1S/C10H19NO2/c1-3-9-6-4-5-7-11(9)8(2)10(12)13/h8-9H,3-7H2,1-2H3,(H,12,13)/t8-,9+/m1/s1. The molecule has 1 rings (SSSR count). The lowest BCUT2D eigenvalue weighted by Gasteiger charge is -2.37. The molecule has 2 atom stereocenters. The molecule has 0 aromatic carbocycles. The van der Waals surface area contributed by atoms with E-state index in [1.54, 1.807) is 6.92 Å². The second-order valence-corrected chi connectivity index (χ2v) is 3.81. The number of hydrogen-bond acceptors (Lipinski definition) is 2. The number of likely N-dealkylation sites (tertiary alicyclic amines) is 1. The monoisotopic (exact) mass is 185 g/mol. The molecule has 76 valence electrons. The van der Waals surface area contributed by atoms with Crippen molar-refractivity contribution in [2.24, 2.45) is 0 Å². The molecule has 1 saturated heterocycles. The highest BCUT2D eigenvalue weighted by Gasteiger charge is 2.28. The number of piperidine rings is 1. The minimum absolute atomic E-state index is 0.315. The van der Waals surface area contributed by atoms with E-state index >= 15 is 0 Å². The zero-order chi connectivity index (χ0) is 9.84. The van der Waals surface area contributed by atoms with E-state index in [1.807, 2.05) is 0 Å². The number of carboxylic acid groups (broad SMARTS) is 1. The fourth-order valence-electron chi connectivity index (χ4n) is 2.11. The lowest BCUT2D eigenvalue weighted by Crippen LogP contribution is -2.48. The molecule has 1 aliphatic rings. The van der Waals surface area contributed by atoms with Gasteiger partial charge < -0.3 is 5.11 Å². The zero-order valence-corrected chi connectivity index (χ0v) is 8.49. The third kappa shape index (κ3) is 2.44. The summed E-state index contributed by atoms with van der Waals surface area (Å²) in [5, 5.41) is 8.91. The van der Waals surface area contributed by atoms with E-state index in [0.29, 0.717) is 6.04 Å². The maximum absolute atomic E-state index is 10.8. The van der Waals surface area contributed by atoms with Crippen LogP contribution in [0.25, 0.3) is 0 Å². The van der Waals surface area contributed by atoms with Crippen molar-refractivity contribution in [2.45, 2.75) is 51.6 Å².